The number of rotatable bonds is 6. The van der Waals surface area contributed by atoms with Gasteiger partial charge in [-0.25, -0.2) is 18.0 Å². The maximum Gasteiger partial charge on any atom is 0.346 e. The van der Waals surface area contributed by atoms with E-state index in [-0.39, 0.29) is 21.2 Å². The topological polar surface area (TPSA) is 98.8 Å². The van der Waals surface area contributed by atoms with E-state index in [0.29, 0.717) is 0 Å². The van der Waals surface area contributed by atoms with Crippen LogP contribution in [-0.2, 0) is 24.3 Å². The van der Waals surface area contributed by atoms with Crippen molar-refractivity contribution in [2.24, 2.45) is 0 Å². The van der Waals surface area contributed by atoms with Gasteiger partial charge in [-0.3, -0.25) is 4.72 Å². The molecule has 1 N–H and O–H groups in total. The lowest BCUT2D eigenvalue weighted by atomic mass is 10.2. The second-order valence-electron chi connectivity index (χ2n) is 5.18. The van der Waals surface area contributed by atoms with E-state index in [9.17, 15) is 18.0 Å². The van der Waals surface area contributed by atoms with Crippen molar-refractivity contribution in [3.63, 3.8) is 0 Å². The lowest BCUT2D eigenvalue weighted by Crippen LogP contribution is -2.25. The van der Waals surface area contributed by atoms with Crippen LogP contribution < -0.4 is 4.72 Å². The fourth-order valence-corrected chi connectivity index (χ4v) is 3.34. The number of sulfonamides is 1. The van der Waals surface area contributed by atoms with Crippen molar-refractivity contribution < 1.29 is 27.5 Å². The van der Waals surface area contributed by atoms with E-state index >= 15 is 0 Å². The molecule has 0 fully saturated rings. The van der Waals surface area contributed by atoms with Crippen LogP contribution in [0, 0.1) is 0 Å². The summed E-state index contributed by atoms with van der Waals surface area (Å²) in [5.41, 5.74) is 0.184. The molecule has 7 nitrogen and oxygen atoms in total. The molecule has 0 aliphatic rings. The lowest BCUT2D eigenvalue weighted by Gasteiger charge is -2.12. The van der Waals surface area contributed by atoms with Crippen molar-refractivity contribution in [2.45, 2.75) is 17.9 Å². The Kier molecular flexibility index (Phi) is 6.23. The molecule has 0 amide bonds. The van der Waals surface area contributed by atoms with Crippen molar-refractivity contribution in [3.05, 3.63) is 59.1 Å². The molecule has 0 radical (unpaired) electrons. The number of nitrogens with one attached hydrogen (secondary N) is 1. The highest BCUT2D eigenvalue weighted by molar-refractivity contribution is 7.92. The van der Waals surface area contributed by atoms with Crippen LogP contribution in [0.15, 0.2) is 53.4 Å². The number of esters is 2. The van der Waals surface area contributed by atoms with E-state index in [1.165, 1.54) is 38.3 Å². The summed E-state index contributed by atoms with van der Waals surface area (Å²) in [6, 6.07) is 11.6. The number of hydrogen-bond donors (Lipinski definition) is 1. The largest absolute Gasteiger partial charge is 0.466 e. The van der Waals surface area contributed by atoms with Gasteiger partial charge in [-0.05, 0) is 37.3 Å². The molecule has 0 unspecified atom stereocenters. The van der Waals surface area contributed by atoms with Crippen LogP contribution in [0.5, 0.6) is 0 Å². The zero-order valence-corrected chi connectivity index (χ0v) is 15.5. The Hall–Kier alpha value is -2.58. The highest BCUT2D eigenvalue weighted by atomic mass is 35.5. The third kappa shape index (κ3) is 4.74. The van der Waals surface area contributed by atoms with Crippen LogP contribution >= 0.6 is 11.6 Å². The van der Waals surface area contributed by atoms with Gasteiger partial charge in [-0.15, -0.1) is 0 Å². The van der Waals surface area contributed by atoms with Gasteiger partial charge in [0.1, 0.15) is 0 Å². The van der Waals surface area contributed by atoms with Gasteiger partial charge in [0.05, 0.1) is 28.3 Å². The van der Waals surface area contributed by atoms with Gasteiger partial charge < -0.3 is 9.47 Å². The van der Waals surface area contributed by atoms with Gasteiger partial charge in [0.2, 0.25) is 0 Å². The zero-order valence-electron chi connectivity index (χ0n) is 13.9. The molecule has 0 bridgehead atoms. The molecule has 0 aliphatic heterocycles. The predicted octanol–water partition coefficient (Wildman–Crippen LogP) is 2.86. The fourth-order valence-electron chi connectivity index (χ4n) is 1.98. The summed E-state index contributed by atoms with van der Waals surface area (Å²) in [5.74, 6) is -1.57. The molecule has 0 saturated carbocycles. The van der Waals surface area contributed by atoms with E-state index in [4.69, 9.17) is 16.3 Å². The van der Waals surface area contributed by atoms with E-state index in [2.05, 4.69) is 9.46 Å². The van der Waals surface area contributed by atoms with Crippen molar-refractivity contribution in [1.29, 1.82) is 0 Å². The first-order valence-electron chi connectivity index (χ1n) is 7.41. The summed E-state index contributed by atoms with van der Waals surface area (Å²) < 4.78 is 36.8. The average molecular weight is 398 g/mol. The number of carbonyl (C=O) groups excluding carboxylic acids is 2. The molecule has 0 aromatic heterocycles. The maximum absolute atomic E-state index is 12.5. The third-order valence-corrected chi connectivity index (χ3v) is 5.01. The SMILES string of the molecule is COC(=O)[C@H](C)OC(=O)c1cccc(S(=O)(=O)Nc2ccccc2Cl)c1. The third-order valence-electron chi connectivity index (χ3n) is 3.32. The maximum atomic E-state index is 12.5. The van der Waals surface area contributed by atoms with E-state index in [1.807, 2.05) is 0 Å². The van der Waals surface area contributed by atoms with E-state index < -0.39 is 28.1 Å². The Balaban J connectivity index is 2.24. The van der Waals surface area contributed by atoms with Crippen molar-refractivity contribution in [3.8, 4) is 0 Å². The summed E-state index contributed by atoms with van der Waals surface area (Å²) in [4.78, 5) is 23.3. The second kappa shape index (κ2) is 8.20. The van der Waals surface area contributed by atoms with Gasteiger partial charge in [0, 0.05) is 0 Å². The molecule has 0 spiro atoms. The van der Waals surface area contributed by atoms with Gasteiger partial charge >= 0.3 is 11.9 Å². The smallest absolute Gasteiger partial charge is 0.346 e. The second-order valence-corrected chi connectivity index (χ2v) is 7.27. The molecule has 0 saturated heterocycles. The molecule has 2 aromatic rings. The zero-order chi connectivity index (χ0) is 19.3. The molecule has 1 atom stereocenters. The van der Waals surface area contributed by atoms with Gasteiger partial charge in [0.15, 0.2) is 6.10 Å². The van der Waals surface area contributed by atoms with Crippen molar-refractivity contribution in [1.82, 2.24) is 0 Å². The number of ether oxygens (including phenoxy) is 2. The molecule has 0 aliphatic carbocycles. The highest BCUT2D eigenvalue weighted by Crippen LogP contribution is 2.24. The summed E-state index contributed by atoms with van der Waals surface area (Å²) in [5, 5.41) is 0.235. The fraction of sp³-hybridized carbons (Fsp3) is 0.176. The number of halogens is 1. The normalized spacial score (nSPS) is 12.1. The van der Waals surface area contributed by atoms with Gasteiger partial charge in [0.25, 0.3) is 10.0 Å². The predicted molar refractivity (Wildman–Crippen MR) is 95.6 cm³/mol. The molecule has 138 valence electrons. The van der Waals surface area contributed by atoms with Crippen LogP contribution in [0.25, 0.3) is 0 Å². The van der Waals surface area contributed by atoms with Crippen molar-refractivity contribution >= 4 is 39.3 Å². The van der Waals surface area contributed by atoms with Crippen LogP contribution in [0.3, 0.4) is 0 Å². The Labute approximate surface area is 155 Å². The van der Waals surface area contributed by atoms with Crippen molar-refractivity contribution in [2.75, 3.05) is 11.8 Å². The van der Waals surface area contributed by atoms with E-state index in [1.54, 1.807) is 18.2 Å². The molecule has 9 heteroatoms. The van der Waals surface area contributed by atoms with E-state index in [0.717, 1.165) is 6.07 Å². The Morgan fingerprint density at radius 3 is 2.46 bits per heavy atom. The first kappa shape index (κ1) is 19.7. The van der Waals surface area contributed by atoms with Crippen LogP contribution in [0.1, 0.15) is 17.3 Å². The molecular formula is C17H16ClNO6S. The number of anilines is 1. The van der Waals surface area contributed by atoms with Crippen LogP contribution in [-0.4, -0.2) is 33.6 Å². The molecule has 26 heavy (non-hydrogen) atoms. The Bertz CT molecular complexity index is 928. The first-order chi connectivity index (χ1) is 12.2. The number of para-hydroxylation sites is 1. The standard InChI is InChI=1S/C17H16ClNO6S/c1-11(16(20)24-2)25-17(21)12-6-5-7-13(10-12)26(22,23)19-15-9-4-3-8-14(15)18/h3-11,19H,1-2H3/t11-/m0/s1. The molecular weight excluding hydrogens is 382 g/mol. The lowest BCUT2D eigenvalue weighted by molar-refractivity contribution is -0.149. The summed E-state index contributed by atoms with van der Waals surface area (Å²) in [6.07, 6.45) is -1.12. The number of hydrogen-bond acceptors (Lipinski definition) is 6. The Morgan fingerprint density at radius 1 is 1.12 bits per heavy atom. The monoisotopic (exact) mass is 397 g/mol. The summed E-state index contributed by atoms with van der Waals surface area (Å²) in [6.45, 7) is 1.35. The number of carbonyl (C=O) groups is 2. The minimum Gasteiger partial charge on any atom is -0.466 e. The minimum absolute atomic E-state index is 0.0252. The molecule has 2 aromatic carbocycles. The summed E-state index contributed by atoms with van der Waals surface area (Å²) >= 11 is 5.96. The molecule has 0 heterocycles. The highest BCUT2D eigenvalue weighted by Gasteiger charge is 2.22. The first-order valence-corrected chi connectivity index (χ1v) is 9.27. The minimum atomic E-state index is -3.98. The quantitative estimate of drug-likeness (QED) is 0.752. The summed E-state index contributed by atoms with van der Waals surface area (Å²) in [7, 11) is -2.81. The van der Waals surface area contributed by atoms with Crippen LogP contribution in [0.2, 0.25) is 5.02 Å². The average Bonchev–Trinajstić information content (AvgIpc) is 2.62. The van der Waals surface area contributed by atoms with Crippen LogP contribution in [0.4, 0.5) is 5.69 Å². The molecule has 2 rings (SSSR count). The number of benzene rings is 2. The van der Waals surface area contributed by atoms with Gasteiger partial charge in [-0.2, -0.15) is 0 Å². The number of methoxy groups -OCH3 is 1. The Morgan fingerprint density at radius 2 is 1.81 bits per heavy atom. The van der Waals surface area contributed by atoms with Gasteiger partial charge in [-0.1, -0.05) is 29.8 Å².